The van der Waals surface area contributed by atoms with Crippen LogP contribution >= 0.6 is 23.4 Å². The van der Waals surface area contributed by atoms with Gasteiger partial charge in [-0.05, 0) is 29.8 Å². The molecule has 1 atom stereocenters. The van der Waals surface area contributed by atoms with Crippen molar-refractivity contribution in [1.29, 1.82) is 0 Å². The summed E-state index contributed by atoms with van der Waals surface area (Å²) in [5.41, 5.74) is 7.90. The molecular weight excluding hydrogens is 292 g/mol. The number of rotatable bonds is 2. The van der Waals surface area contributed by atoms with Gasteiger partial charge in [0.05, 0.1) is 16.6 Å². The molecule has 0 radical (unpaired) electrons. The third kappa shape index (κ3) is 2.49. The fourth-order valence-electron chi connectivity index (χ4n) is 2.23. The average molecular weight is 305 g/mol. The van der Waals surface area contributed by atoms with Crippen molar-refractivity contribution in [2.24, 2.45) is 0 Å². The number of amides is 1. The number of thioether (sulfide) groups is 1. The summed E-state index contributed by atoms with van der Waals surface area (Å²) in [6.45, 7) is 0. The predicted octanol–water partition coefficient (Wildman–Crippen LogP) is 3.75. The summed E-state index contributed by atoms with van der Waals surface area (Å²) in [5.74, 6) is 0.594. The number of hydrogen-bond donors (Lipinski definition) is 2. The van der Waals surface area contributed by atoms with Gasteiger partial charge in [-0.2, -0.15) is 0 Å². The summed E-state index contributed by atoms with van der Waals surface area (Å²) in [4.78, 5) is 13.6. The van der Waals surface area contributed by atoms with E-state index < -0.39 is 0 Å². The quantitative estimate of drug-likeness (QED) is 0.831. The number of nitrogens with two attached hydrogens (primary N) is 1. The molecule has 0 bridgehead atoms. The van der Waals surface area contributed by atoms with Gasteiger partial charge in [0.1, 0.15) is 0 Å². The standard InChI is InChI=1S/C15H13ClN2OS/c16-12-7-9(17)5-6-13(12)18-15(19)11-8-20-14-4-2-1-3-10(11)14/h1-7,11H,8,17H2,(H,18,19). The second-order valence-corrected chi connectivity index (χ2v) is 6.10. The van der Waals surface area contributed by atoms with Crippen LogP contribution in [0.5, 0.6) is 0 Å². The maximum Gasteiger partial charge on any atom is 0.232 e. The first-order valence-corrected chi connectivity index (χ1v) is 7.59. The largest absolute Gasteiger partial charge is 0.399 e. The molecule has 1 unspecified atom stereocenters. The first-order valence-electron chi connectivity index (χ1n) is 6.23. The molecule has 0 fully saturated rings. The highest BCUT2D eigenvalue weighted by molar-refractivity contribution is 7.99. The van der Waals surface area contributed by atoms with Crippen LogP contribution in [0.3, 0.4) is 0 Å². The number of nitrogen functional groups attached to an aromatic ring is 1. The molecule has 5 heteroatoms. The molecule has 1 aliphatic rings. The van der Waals surface area contributed by atoms with Crippen LogP contribution in [0.1, 0.15) is 11.5 Å². The fourth-order valence-corrected chi connectivity index (χ4v) is 3.70. The van der Waals surface area contributed by atoms with E-state index in [4.69, 9.17) is 17.3 Å². The Morgan fingerprint density at radius 3 is 2.90 bits per heavy atom. The van der Waals surface area contributed by atoms with E-state index in [1.54, 1.807) is 30.0 Å². The Balaban J connectivity index is 1.81. The van der Waals surface area contributed by atoms with Gasteiger partial charge in [-0.25, -0.2) is 0 Å². The molecule has 1 heterocycles. The molecular formula is C15H13ClN2OS. The number of halogens is 1. The molecule has 1 amide bonds. The van der Waals surface area contributed by atoms with Crippen molar-refractivity contribution in [3.63, 3.8) is 0 Å². The SMILES string of the molecule is Nc1ccc(NC(=O)C2CSc3ccccc32)c(Cl)c1. The molecule has 3 rings (SSSR count). The molecule has 0 aromatic heterocycles. The summed E-state index contributed by atoms with van der Waals surface area (Å²) < 4.78 is 0. The highest BCUT2D eigenvalue weighted by atomic mass is 35.5. The lowest BCUT2D eigenvalue weighted by Crippen LogP contribution is -2.21. The minimum atomic E-state index is -0.134. The van der Waals surface area contributed by atoms with Crippen molar-refractivity contribution in [2.75, 3.05) is 16.8 Å². The van der Waals surface area contributed by atoms with Crippen molar-refractivity contribution >= 4 is 40.6 Å². The lowest BCUT2D eigenvalue weighted by Gasteiger charge is -2.13. The smallest absolute Gasteiger partial charge is 0.232 e. The van der Waals surface area contributed by atoms with E-state index in [0.29, 0.717) is 16.4 Å². The highest BCUT2D eigenvalue weighted by Gasteiger charge is 2.29. The molecule has 0 saturated heterocycles. The van der Waals surface area contributed by atoms with E-state index in [-0.39, 0.29) is 11.8 Å². The summed E-state index contributed by atoms with van der Waals surface area (Å²) in [5, 5.41) is 3.34. The van der Waals surface area contributed by atoms with Crippen LogP contribution in [-0.4, -0.2) is 11.7 Å². The van der Waals surface area contributed by atoms with Gasteiger partial charge in [0, 0.05) is 16.3 Å². The van der Waals surface area contributed by atoms with E-state index in [1.165, 1.54) is 4.90 Å². The Morgan fingerprint density at radius 2 is 2.10 bits per heavy atom. The lowest BCUT2D eigenvalue weighted by molar-refractivity contribution is -0.117. The number of carbonyl (C=O) groups excluding carboxylic acids is 1. The average Bonchev–Trinajstić information content (AvgIpc) is 2.86. The molecule has 3 N–H and O–H groups in total. The van der Waals surface area contributed by atoms with E-state index >= 15 is 0 Å². The normalized spacial score (nSPS) is 16.8. The maximum absolute atomic E-state index is 12.4. The zero-order chi connectivity index (χ0) is 14.1. The monoisotopic (exact) mass is 304 g/mol. The van der Waals surface area contributed by atoms with E-state index in [1.807, 2.05) is 24.3 Å². The summed E-state index contributed by atoms with van der Waals surface area (Å²) in [6, 6.07) is 13.1. The van der Waals surface area contributed by atoms with Gasteiger partial charge in [-0.3, -0.25) is 4.79 Å². The maximum atomic E-state index is 12.4. The molecule has 0 aliphatic carbocycles. The minimum absolute atomic E-state index is 0.0332. The highest BCUT2D eigenvalue weighted by Crippen LogP contribution is 2.40. The molecule has 3 nitrogen and oxygen atoms in total. The van der Waals surface area contributed by atoms with E-state index in [2.05, 4.69) is 5.32 Å². The molecule has 102 valence electrons. The van der Waals surface area contributed by atoms with Crippen molar-refractivity contribution in [1.82, 2.24) is 0 Å². The number of hydrogen-bond acceptors (Lipinski definition) is 3. The summed E-state index contributed by atoms with van der Waals surface area (Å²) >= 11 is 7.79. The van der Waals surface area contributed by atoms with Crippen LogP contribution in [0.4, 0.5) is 11.4 Å². The molecule has 0 saturated carbocycles. The Labute approximate surface area is 126 Å². The Morgan fingerprint density at radius 1 is 1.30 bits per heavy atom. The van der Waals surface area contributed by atoms with E-state index in [0.717, 1.165) is 11.3 Å². The molecule has 1 aliphatic heterocycles. The second-order valence-electron chi connectivity index (χ2n) is 4.63. The van der Waals surface area contributed by atoms with Gasteiger partial charge < -0.3 is 11.1 Å². The van der Waals surface area contributed by atoms with Crippen LogP contribution in [0.15, 0.2) is 47.4 Å². The lowest BCUT2D eigenvalue weighted by atomic mass is 10.0. The summed E-state index contributed by atoms with van der Waals surface area (Å²) in [6.07, 6.45) is 0. The van der Waals surface area contributed by atoms with Gasteiger partial charge >= 0.3 is 0 Å². The first-order chi connectivity index (χ1) is 9.65. The zero-order valence-corrected chi connectivity index (χ0v) is 12.2. The number of anilines is 2. The van der Waals surface area contributed by atoms with Crippen LogP contribution in [0, 0.1) is 0 Å². The van der Waals surface area contributed by atoms with Crippen molar-refractivity contribution in [2.45, 2.75) is 10.8 Å². The predicted molar refractivity (Wildman–Crippen MR) is 84.4 cm³/mol. The van der Waals surface area contributed by atoms with Gasteiger partial charge in [0.2, 0.25) is 5.91 Å². The molecule has 2 aromatic carbocycles. The summed E-state index contributed by atoms with van der Waals surface area (Å²) in [7, 11) is 0. The third-order valence-corrected chi connectivity index (χ3v) is 4.76. The zero-order valence-electron chi connectivity index (χ0n) is 10.6. The number of benzene rings is 2. The van der Waals surface area contributed by atoms with Crippen molar-refractivity contribution < 1.29 is 4.79 Å². The van der Waals surface area contributed by atoms with Gasteiger partial charge in [0.15, 0.2) is 0 Å². The number of carbonyl (C=O) groups is 1. The number of nitrogens with one attached hydrogen (secondary N) is 1. The molecule has 2 aromatic rings. The van der Waals surface area contributed by atoms with Crippen molar-refractivity contribution in [3.05, 3.63) is 53.1 Å². The second kappa shape index (κ2) is 5.38. The third-order valence-electron chi connectivity index (χ3n) is 3.27. The Bertz CT molecular complexity index is 675. The minimum Gasteiger partial charge on any atom is -0.399 e. The van der Waals surface area contributed by atoms with Crippen LogP contribution in [-0.2, 0) is 4.79 Å². The topological polar surface area (TPSA) is 55.1 Å². The molecule has 20 heavy (non-hydrogen) atoms. The van der Waals surface area contributed by atoms with Crippen LogP contribution in [0.2, 0.25) is 5.02 Å². The Kier molecular flexibility index (Phi) is 3.59. The molecule has 0 spiro atoms. The fraction of sp³-hybridized carbons (Fsp3) is 0.133. The van der Waals surface area contributed by atoms with Gasteiger partial charge in [-0.15, -0.1) is 11.8 Å². The first kappa shape index (κ1) is 13.3. The van der Waals surface area contributed by atoms with Crippen molar-refractivity contribution in [3.8, 4) is 0 Å². The van der Waals surface area contributed by atoms with E-state index in [9.17, 15) is 4.79 Å². The van der Waals surface area contributed by atoms with Gasteiger partial charge in [0.25, 0.3) is 0 Å². The van der Waals surface area contributed by atoms with Crippen LogP contribution < -0.4 is 11.1 Å². The van der Waals surface area contributed by atoms with Crippen LogP contribution in [0.25, 0.3) is 0 Å². The Hall–Kier alpha value is -1.65. The number of fused-ring (bicyclic) bond motifs is 1. The van der Waals surface area contributed by atoms with Gasteiger partial charge in [-0.1, -0.05) is 29.8 Å².